The van der Waals surface area contributed by atoms with E-state index in [0.717, 1.165) is 0 Å². The summed E-state index contributed by atoms with van der Waals surface area (Å²) in [5.41, 5.74) is 0.936. The molecule has 0 unspecified atom stereocenters. The van der Waals surface area contributed by atoms with Gasteiger partial charge in [-0.2, -0.15) is 0 Å². The summed E-state index contributed by atoms with van der Waals surface area (Å²) >= 11 is 0. The first-order valence-electron chi connectivity index (χ1n) is 7.80. The third-order valence-electron chi connectivity index (χ3n) is 4.79. The van der Waals surface area contributed by atoms with Crippen molar-refractivity contribution in [2.75, 3.05) is 26.2 Å². The summed E-state index contributed by atoms with van der Waals surface area (Å²) in [6.07, 6.45) is -1.13. The van der Waals surface area contributed by atoms with Gasteiger partial charge in [0.05, 0.1) is 17.8 Å². The van der Waals surface area contributed by atoms with Gasteiger partial charge in [0.2, 0.25) is 0 Å². The fourth-order valence-corrected chi connectivity index (χ4v) is 3.42. The fraction of sp³-hybridized carbons (Fsp3) is 0.733. The number of carbonyl (C=O) groups is 1. The number of aliphatic hydroxyl groups is 1. The lowest BCUT2D eigenvalue weighted by Gasteiger charge is -2.36. The smallest absolute Gasteiger partial charge is 0.259 e. The molecule has 2 atom stereocenters. The van der Waals surface area contributed by atoms with E-state index in [1.807, 2.05) is 4.90 Å². The standard InChI is InChI=1S/C15H21F2N3O3/c1-9-13(10(2)23-18-9)14(22)20-7-11(12(21)8-20)19-5-3-15(16,17)4-6-19/h11-12,21H,3-8H2,1-2H3/t11-,12-/m1/s1. The molecule has 2 aliphatic rings. The van der Waals surface area contributed by atoms with Gasteiger partial charge in [0, 0.05) is 39.0 Å². The molecule has 128 valence electrons. The minimum absolute atomic E-state index is 0.195. The number of alkyl halides is 2. The molecule has 8 heteroatoms. The zero-order valence-corrected chi connectivity index (χ0v) is 13.3. The highest BCUT2D eigenvalue weighted by molar-refractivity contribution is 5.96. The Morgan fingerprint density at radius 2 is 1.96 bits per heavy atom. The summed E-state index contributed by atoms with van der Waals surface area (Å²) in [5.74, 6) is -2.40. The lowest BCUT2D eigenvalue weighted by molar-refractivity contribution is -0.0697. The average Bonchev–Trinajstić information content (AvgIpc) is 3.02. The Labute approximate surface area is 133 Å². The first-order valence-corrected chi connectivity index (χ1v) is 7.80. The average molecular weight is 329 g/mol. The number of nitrogens with zero attached hydrogens (tertiary/aromatic N) is 3. The highest BCUT2D eigenvalue weighted by atomic mass is 19.3. The van der Waals surface area contributed by atoms with Crippen LogP contribution in [0.5, 0.6) is 0 Å². The van der Waals surface area contributed by atoms with Gasteiger partial charge in [0.25, 0.3) is 11.8 Å². The van der Waals surface area contributed by atoms with Crippen LogP contribution < -0.4 is 0 Å². The zero-order chi connectivity index (χ0) is 16.8. The molecule has 0 aliphatic carbocycles. The number of hydrogen-bond donors (Lipinski definition) is 1. The predicted molar refractivity (Wildman–Crippen MR) is 77.4 cm³/mol. The van der Waals surface area contributed by atoms with Gasteiger partial charge >= 0.3 is 0 Å². The Bertz CT molecular complexity index is 575. The molecule has 1 aromatic rings. The molecule has 6 nitrogen and oxygen atoms in total. The van der Waals surface area contributed by atoms with Crippen LogP contribution in [0.4, 0.5) is 8.78 Å². The molecule has 0 saturated carbocycles. The second kappa shape index (κ2) is 5.83. The Hall–Kier alpha value is -1.54. The Morgan fingerprint density at radius 1 is 1.30 bits per heavy atom. The topological polar surface area (TPSA) is 69.8 Å². The summed E-state index contributed by atoms with van der Waals surface area (Å²) in [6.45, 7) is 4.37. The Kier molecular flexibility index (Phi) is 4.14. The predicted octanol–water partition coefficient (Wildman–Crippen LogP) is 1.21. The monoisotopic (exact) mass is 329 g/mol. The van der Waals surface area contributed by atoms with Crippen LogP contribution in [0, 0.1) is 13.8 Å². The molecule has 3 rings (SSSR count). The van der Waals surface area contributed by atoms with E-state index in [2.05, 4.69) is 5.16 Å². The van der Waals surface area contributed by atoms with Crippen LogP contribution in [0.15, 0.2) is 4.52 Å². The van der Waals surface area contributed by atoms with Gasteiger partial charge in [0.1, 0.15) is 11.3 Å². The number of β-amino-alcohol motifs (C(OH)–C–C–N with tert-alkyl or cyclic N) is 1. The quantitative estimate of drug-likeness (QED) is 0.883. The third kappa shape index (κ3) is 3.10. The minimum Gasteiger partial charge on any atom is -0.390 e. The van der Waals surface area contributed by atoms with Crippen molar-refractivity contribution in [3.63, 3.8) is 0 Å². The fourth-order valence-electron chi connectivity index (χ4n) is 3.42. The highest BCUT2D eigenvalue weighted by Crippen LogP contribution is 2.31. The Balaban J connectivity index is 1.68. The normalized spacial score (nSPS) is 28.3. The molecule has 0 aromatic carbocycles. The van der Waals surface area contributed by atoms with Crippen LogP contribution in [0.3, 0.4) is 0 Å². The van der Waals surface area contributed by atoms with E-state index in [0.29, 0.717) is 23.6 Å². The maximum atomic E-state index is 13.3. The molecular formula is C15H21F2N3O3. The lowest BCUT2D eigenvalue weighted by Crippen LogP contribution is -2.49. The maximum absolute atomic E-state index is 13.3. The van der Waals surface area contributed by atoms with Crippen LogP contribution in [0.1, 0.15) is 34.7 Å². The number of likely N-dealkylation sites (tertiary alicyclic amines) is 2. The summed E-state index contributed by atoms with van der Waals surface area (Å²) in [4.78, 5) is 16.0. The van der Waals surface area contributed by atoms with Crippen LogP contribution in [-0.4, -0.2) is 70.2 Å². The summed E-state index contributed by atoms with van der Waals surface area (Å²) in [6, 6.07) is -0.296. The molecule has 0 radical (unpaired) electrons. The van der Waals surface area contributed by atoms with Gasteiger partial charge in [-0.15, -0.1) is 0 Å². The maximum Gasteiger partial charge on any atom is 0.259 e. The van der Waals surface area contributed by atoms with Crippen LogP contribution in [0.2, 0.25) is 0 Å². The van der Waals surface area contributed by atoms with Crippen molar-refractivity contribution in [2.45, 2.75) is 44.8 Å². The second-order valence-corrected chi connectivity index (χ2v) is 6.44. The number of aliphatic hydroxyl groups excluding tert-OH is 1. The first kappa shape index (κ1) is 16.3. The zero-order valence-electron chi connectivity index (χ0n) is 13.3. The molecule has 2 fully saturated rings. The van der Waals surface area contributed by atoms with Crippen molar-refractivity contribution in [3.05, 3.63) is 17.0 Å². The lowest BCUT2D eigenvalue weighted by atomic mass is 10.0. The van der Waals surface area contributed by atoms with Crippen molar-refractivity contribution in [1.82, 2.24) is 15.0 Å². The molecule has 3 heterocycles. The molecule has 1 aromatic heterocycles. The number of aryl methyl sites for hydroxylation is 2. The first-order chi connectivity index (χ1) is 10.8. The molecule has 0 spiro atoms. The van der Waals surface area contributed by atoms with Gasteiger partial charge in [-0.05, 0) is 13.8 Å². The number of hydrogen-bond acceptors (Lipinski definition) is 5. The van der Waals surface area contributed by atoms with Crippen LogP contribution in [-0.2, 0) is 0 Å². The van der Waals surface area contributed by atoms with Crippen molar-refractivity contribution in [2.24, 2.45) is 0 Å². The molecule has 2 aliphatic heterocycles. The van der Waals surface area contributed by atoms with E-state index >= 15 is 0 Å². The summed E-state index contributed by atoms with van der Waals surface area (Å²) < 4.78 is 31.6. The van der Waals surface area contributed by atoms with Gasteiger partial charge in [-0.25, -0.2) is 8.78 Å². The number of piperidine rings is 1. The molecule has 1 N–H and O–H groups in total. The van der Waals surface area contributed by atoms with E-state index in [-0.39, 0.29) is 44.4 Å². The van der Waals surface area contributed by atoms with Crippen LogP contribution in [0.25, 0.3) is 0 Å². The molecule has 2 saturated heterocycles. The van der Waals surface area contributed by atoms with Crippen molar-refractivity contribution in [1.29, 1.82) is 0 Å². The van der Waals surface area contributed by atoms with E-state index in [1.165, 1.54) is 0 Å². The Morgan fingerprint density at radius 3 is 2.52 bits per heavy atom. The second-order valence-electron chi connectivity index (χ2n) is 6.44. The van der Waals surface area contributed by atoms with Gasteiger partial charge < -0.3 is 14.5 Å². The minimum atomic E-state index is -2.62. The van der Waals surface area contributed by atoms with E-state index in [9.17, 15) is 18.7 Å². The molecule has 23 heavy (non-hydrogen) atoms. The molecule has 1 amide bonds. The molecular weight excluding hydrogens is 308 g/mol. The highest BCUT2D eigenvalue weighted by Gasteiger charge is 2.43. The van der Waals surface area contributed by atoms with Gasteiger partial charge in [0.15, 0.2) is 0 Å². The van der Waals surface area contributed by atoms with Crippen molar-refractivity contribution in [3.8, 4) is 0 Å². The largest absolute Gasteiger partial charge is 0.390 e. The van der Waals surface area contributed by atoms with Crippen molar-refractivity contribution < 1.29 is 23.2 Å². The molecule has 0 bridgehead atoms. The summed E-state index contributed by atoms with van der Waals surface area (Å²) in [5, 5.41) is 14.0. The number of amides is 1. The van der Waals surface area contributed by atoms with E-state index in [1.54, 1.807) is 18.7 Å². The number of halogens is 2. The van der Waals surface area contributed by atoms with Crippen LogP contribution >= 0.6 is 0 Å². The number of rotatable bonds is 2. The summed E-state index contributed by atoms with van der Waals surface area (Å²) in [7, 11) is 0. The van der Waals surface area contributed by atoms with Crippen molar-refractivity contribution >= 4 is 5.91 Å². The van der Waals surface area contributed by atoms with Gasteiger partial charge in [-0.1, -0.05) is 5.16 Å². The van der Waals surface area contributed by atoms with E-state index in [4.69, 9.17) is 4.52 Å². The number of aromatic nitrogens is 1. The van der Waals surface area contributed by atoms with E-state index < -0.39 is 12.0 Å². The number of carbonyl (C=O) groups excluding carboxylic acids is 1. The van der Waals surface area contributed by atoms with Gasteiger partial charge in [-0.3, -0.25) is 9.69 Å². The SMILES string of the molecule is Cc1noc(C)c1C(=O)N1C[C@@H](O)[C@H](N2CCC(F)(F)CC2)C1. The third-order valence-corrected chi connectivity index (χ3v) is 4.79.